The van der Waals surface area contributed by atoms with Crippen molar-refractivity contribution in [3.05, 3.63) is 23.8 Å². The predicted octanol–water partition coefficient (Wildman–Crippen LogP) is 2.72. The van der Waals surface area contributed by atoms with Crippen molar-refractivity contribution < 1.29 is 4.57 Å². The Labute approximate surface area is 62.6 Å². The molecule has 0 saturated heterocycles. The standard InChI is InChI=1S/C8H12OP/c1-7-5-3-4-6-8(7)10(2)9/h3-5,8H,6H2,1-2H3/q+1. The topological polar surface area (TPSA) is 17.1 Å². The minimum absolute atomic E-state index is 0.306. The second-order valence-corrected chi connectivity index (χ2v) is 4.35. The minimum Gasteiger partial charge on any atom is -0.0797 e. The molecule has 0 fully saturated rings. The Morgan fingerprint density at radius 1 is 1.70 bits per heavy atom. The summed E-state index contributed by atoms with van der Waals surface area (Å²) in [4.78, 5) is 0. The fourth-order valence-corrected chi connectivity index (χ4v) is 2.24. The molecule has 0 bridgehead atoms. The molecule has 0 amide bonds. The van der Waals surface area contributed by atoms with Gasteiger partial charge in [0.1, 0.15) is 6.66 Å². The first-order chi connectivity index (χ1) is 4.72. The summed E-state index contributed by atoms with van der Waals surface area (Å²) in [6, 6.07) is 0. The molecule has 0 saturated carbocycles. The average Bonchev–Trinajstić information content (AvgIpc) is 1.88. The number of hydrogen-bond acceptors (Lipinski definition) is 1. The highest BCUT2D eigenvalue weighted by Gasteiger charge is 2.26. The molecule has 0 N–H and O–H groups in total. The summed E-state index contributed by atoms with van der Waals surface area (Å²) in [5, 5.41) is 0. The van der Waals surface area contributed by atoms with E-state index < -0.39 is 7.80 Å². The van der Waals surface area contributed by atoms with Crippen LogP contribution in [0.5, 0.6) is 0 Å². The predicted molar refractivity (Wildman–Crippen MR) is 44.8 cm³/mol. The van der Waals surface area contributed by atoms with E-state index in [1.807, 2.05) is 19.1 Å². The van der Waals surface area contributed by atoms with Crippen LogP contribution in [-0.4, -0.2) is 12.3 Å². The summed E-state index contributed by atoms with van der Waals surface area (Å²) in [5.41, 5.74) is 1.56. The zero-order valence-corrected chi connectivity index (χ0v) is 7.27. The van der Waals surface area contributed by atoms with Crippen LogP contribution in [0, 0.1) is 0 Å². The van der Waals surface area contributed by atoms with Gasteiger partial charge < -0.3 is 0 Å². The van der Waals surface area contributed by atoms with Crippen LogP contribution in [-0.2, 0) is 4.57 Å². The molecule has 10 heavy (non-hydrogen) atoms. The van der Waals surface area contributed by atoms with Crippen LogP contribution in [0.4, 0.5) is 0 Å². The molecule has 0 aromatic rings. The van der Waals surface area contributed by atoms with Crippen molar-refractivity contribution in [3.63, 3.8) is 0 Å². The molecular formula is C8H12OP+. The van der Waals surface area contributed by atoms with E-state index in [0.717, 1.165) is 6.42 Å². The first kappa shape index (κ1) is 7.68. The van der Waals surface area contributed by atoms with Gasteiger partial charge in [-0.1, -0.05) is 22.8 Å². The van der Waals surface area contributed by atoms with Gasteiger partial charge in [-0.3, -0.25) is 0 Å². The fraction of sp³-hybridized carbons (Fsp3) is 0.500. The Morgan fingerprint density at radius 3 is 2.80 bits per heavy atom. The van der Waals surface area contributed by atoms with E-state index in [1.54, 1.807) is 6.66 Å². The highest BCUT2D eigenvalue weighted by Crippen LogP contribution is 2.33. The van der Waals surface area contributed by atoms with Gasteiger partial charge in [-0.15, -0.1) is 0 Å². The molecule has 1 aliphatic rings. The highest BCUT2D eigenvalue weighted by atomic mass is 31.1. The zero-order valence-electron chi connectivity index (χ0n) is 6.37. The van der Waals surface area contributed by atoms with E-state index in [2.05, 4.69) is 6.08 Å². The third kappa shape index (κ3) is 1.54. The second kappa shape index (κ2) is 3.12. The van der Waals surface area contributed by atoms with Crippen molar-refractivity contribution in [1.29, 1.82) is 0 Å². The van der Waals surface area contributed by atoms with E-state index in [0.29, 0.717) is 5.66 Å². The molecule has 0 aromatic carbocycles. The third-order valence-corrected chi connectivity index (χ3v) is 3.31. The molecule has 0 aliphatic heterocycles. The van der Waals surface area contributed by atoms with E-state index in [-0.39, 0.29) is 0 Å². The Morgan fingerprint density at radius 2 is 2.40 bits per heavy atom. The quantitative estimate of drug-likeness (QED) is 0.532. The summed E-state index contributed by atoms with van der Waals surface area (Å²) < 4.78 is 11.1. The molecule has 2 unspecified atom stereocenters. The molecular weight excluding hydrogens is 143 g/mol. The highest BCUT2D eigenvalue weighted by molar-refractivity contribution is 7.44. The minimum atomic E-state index is -1.03. The monoisotopic (exact) mass is 155 g/mol. The zero-order chi connectivity index (χ0) is 7.56. The molecule has 1 nitrogen and oxygen atoms in total. The van der Waals surface area contributed by atoms with Gasteiger partial charge in [0.25, 0.3) is 0 Å². The van der Waals surface area contributed by atoms with Gasteiger partial charge >= 0.3 is 7.80 Å². The first-order valence-corrected chi connectivity index (χ1v) is 5.22. The number of hydrogen-bond donors (Lipinski definition) is 0. The summed E-state index contributed by atoms with van der Waals surface area (Å²) in [6.07, 6.45) is 7.11. The summed E-state index contributed by atoms with van der Waals surface area (Å²) in [6.45, 7) is 3.85. The van der Waals surface area contributed by atoms with Crippen LogP contribution < -0.4 is 0 Å². The fourth-order valence-electron chi connectivity index (χ4n) is 1.16. The Kier molecular flexibility index (Phi) is 2.39. The van der Waals surface area contributed by atoms with Gasteiger partial charge in [-0.05, 0) is 12.5 Å². The molecule has 2 atom stereocenters. The van der Waals surface area contributed by atoms with Crippen molar-refractivity contribution in [2.45, 2.75) is 19.0 Å². The Hall–Kier alpha value is -0.420. The second-order valence-electron chi connectivity index (χ2n) is 2.64. The van der Waals surface area contributed by atoms with Crippen LogP contribution in [0.3, 0.4) is 0 Å². The van der Waals surface area contributed by atoms with Gasteiger partial charge in [-0.25, -0.2) is 0 Å². The Bertz CT molecular complexity index is 203. The van der Waals surface area contributed by atoms with Crippen molar-refractivity contribution in [3.8, 4) is 0 Å². The maximum atomic E-state index is 11.1. The van der Waals surface area contributed by atoms with Crippen LogP contribution in [0.15, 0.2) is 23.8 Å². The molecule has 0 heterocycles. The molecule has 54 valence electrons. The van der Waals surface area contributed by atoms with E-state index in [9.17, 15) is 4.57 Å². The van der Waals surface area contributed by atoms with Crippen molar-refractivity contribution in [2.75, 3.05) is 6.66 Å². The third-order valence-electron chi connectivity index (χ3n) is 1.82. The van der Waals surface area contributed by atoms with Gasteiger partial charge in [0, 0.05) is 6.42 Å². The van der Waals surface area contributed by atoms with Crippen LogP contribution in [0.25, 0.3) is 0 Å². The largest absolute Gasteiger partial charge is 0.343 e. The van der Waals surface area contributed by atoms with Crippen molar-refractivity contribution in [1.82, 2.24) is 0 Å². The molecule has 0 radical (unpaired) electrons. The SMILES string of the molecule is CC1=CC=CCC1[P+](C)=O. The first-order valence-electron chi connectivity index (χ1n) is 3.45. The lowest BCUT2D eigenvalue weighted by atomic mass is 10.1. The van der Waals surface area contributed by atoms with Gasteiger partial charge in [0.2, 0.25) is 0 Å². The average molecular weight is 155 g/mol. The van der Waals surface area contributed by atoms with Gasteiger partial charge in [0.05, 0.1) is 0 Å². The van der Waals surface area contributed by atoms with Crippen molar-refractivity contribution in [2.24, 2.45) is 0 Å². The van der Waals surface area contributed by atoms with Gasteiger partial charge in [0.15, 0.2) is 5.66 Å². The van der Waals surface area contributed by atoms with Crippen molar-refractivity contribution >= 4 is 7.80 Å². The summed E-state index contributed by atoms with van der Waals surface area (Å²) >= 11 is 0. The van der Waals surface area contributed by atoms with E-state index >= 15 is 0 Å². The maximum absolute atomic E-state index is 11.1. The lowest BCUT2D eigenvalue weighted by Crippen LogP contribution is -2.04. The molecule has 0 spiro atoms. The molecule has 2 heteroatoms. The number of rotatable bonds is 1. The molecule has 0 aromatic heterocycles. The van der Waals surface area contributed by atoms with Gasteiger partial charge in [-0.2, -0.15) is 0 Å². The summed E-state index contributed by atoms with van der Waals surface area (Å²) in [7, 11) is -1.03. The normalized spacial score (nSPS) is 26.0. The molecule has 1 aliphatic carbocycles. The van der Waals surface area contributed by atoms with Crippen LogP contribution in [0.2, 0.25) is 0 Å². The smallest absolute Gasteiger partial charge is 0.0797 e. The lowest BCUT2D eigenvalue weighted by Gasteiger charge is -2.06. The molecule has 1 rings (SSSR count). The number of allylic oxidation sites excluding steroid dienone is 4. The van der Waals surface area contributed by atoms with Crippen LogP contribution >= 0.6 is 7.80 Å². The lowest BCUT2D eigenvalue weighted by molar-refractivity contribution is 0.585. The van der Waals surface area contributed by atoms with E-state index in [4.69, 9.17) is 0 Å². The van der Waals surface area contributed by atoms with Crippen LogP contribution in [0.1, 0.15) is 13.3 Å². The Balaban J connectivity index is 2.73. The summed E-state index contributed by atoms with van der Waals surface area (Å²) in [5.74, 6) is 0. The van der Waals surface area contributed by atoms with E-state index in [1.165, 1.54) is 5.57 Å². The maximum Gasteiger partial charge on any atom is 0.343 e.